The average Bonchev–Trinajstić information content (AvgIpc) is 3.04. The molecule has 1 aromatic carbocycles. The minimum Gasteiger partial charge on any atom is -0.491 e. The minimum absolute atomic E-state index is 0. The molecule has 26 heavy (non-hydrogen) atoms. The van der Waals surface area contributed by atoms with Crippen LogP contribution in [-0.2, 0) is 13.1 Å². The van der Waals surface area contributed by atoms with E-state index in [4.69, 9.17) is 9.26 Å². The monoisotopic (exact) mass is 472 g/mol. The van der Waals surface area contributed by atoms with Gasteiger partial charge in [0.25, 0.3) is 0 Å². The first-order valence-electron chi connectivity index (χ1n) is 8.63. The Balaban J connectivity index is 0.00000338. The van der Waals surface area contributed by atoms with Gasteiger partial charge in [-0.3, -0.25) is 4.99 Å². The Morgan fingerprint density at radius 3 is 2.50 bits per heavy atom. The summed E-state index contributed by atoms with van der Waals surface area (Å²) in [6.07, 6.45) is 0.162. The normalized spacial score (nSPS) is 11.4. The van der Waals surface area contributed by atoms with Crippen LogP contribution in [0.2, 0.25) is 0 Å². The molecule has 0 radical (unpaired) electrons. The van der Waals surface area contributed by atoms with Gasteiger partial charge in [-0.05, 0) is 37.5 Å². The van der Waals surface area contributed by atoms with E-state index in [1.807, 2.05) is 38.1 Å². The van der Waals surface area contributed by atoms with E-state index in [-0.39, 0.29) is 30.1 Å². The van der Waals surface area contributed by atoms with Crippen LogP contribution in [0.1, 0.15) is 50.6 Å². The van der Waals surface area contributed by atoms with Crippen molar-refractivity contribution in [3.63, 3.8) is 0 Å². The zero-order valence-corrected chi connectivity index (χ0v) is 18.4. The van der Waals surface area contributed by atoms with Crippen molar-refractivity contribution in [2.75, 3.05) is 7.05 Å². The van der Waals surface area contributed by atoms with Crippen LogP contribution in [0.25, 0.3) is 0 Å². The van der Waals surface area contributed by atoms with Gasteiger partial charge in [-0.2, -0.15) is 0 Å². The van der Waals surface area contributed by atoms with Gasteiger partial charge in [-0.25, -0.2) is 0 Å². The summed E-state index contributed by atoms with van der Waals surface area (Å²) < 4.78 is 11.0. The molecule has 144 valence electrons. The SMILES string of the molecule is CN=C(NCc1cccc(OC(C)C)c1)NCc1cc(C(C)C)no1.I. The molecule has 2 rings (SSSR count). The molecular weight excluding hydrogens is 443 g/mol. The Morgan fingerprint density at radius 2 is 1.88 bits per heavy atom. The molecule has 0 amide bonds. The number of aliphatic imine (C=N–C) groups is 1. The minimum atomic E-state index is 0. The van der Waals surface area contributed by atoms with Crippen molar-refractivity contribution in [2.24, 2.45) is 4.99 Å². The molecule has 0 fully saturated rings. The topological polar surface area (TPSA) is 71.7 Å². The Labute approximate surface area is 172 Å². The summed E-state index contributed by atoms with van der Waals surface area (Å²) in [5.74, 6) is 2.73. The Hall–Kier alpha value is -1.77. The number of benzene rings is 1. The van der Waals surface area contributed by atoms with Gasteiger partial charge < -0.3 is 19.9 Å². The Kier molecular flexibility index (Phi) is 9.47. The maximum atomic E-state index is 5.72. The second-order valence-electron chi connectivity index (χ2n) is 6.47. The van der Waals surface area contributed by atoms with Gasteiger partial charge in [-0.1, -0.05) is 31.1 Å². The molecule has 1 aromatic heterocycles. The van der Waals surface area contributed by atoms with Crippen molar-refractivity contribution in [3.05, 3.63) is 47.3 Å². The molecule has 0 aliphatic heterocycles. The van der Waals surface area contributed by atoms with Crippen LogP contribution in [0.5, 0.6) is 5.75 Å². The Bertz CT molecular complexity index is 698. The summed E-state index contributed by atoms with van der Waals surface area (Å²) in [7, 11) is 1.74. The van der Waals surface area contributed by atoms with E-state index in [2.05, 4.69) is 40.7 Å². The number of aromatic nitrogens is 1. The molecule has 0 unspecified atom stereocenters. The molecule has 0 aliphatic carbocycles. The summed E-state index contributed by atoms with van der Waals surface area (Å²) in [4.78, 5) is 4.23. The molecule has 6 nitrogen and oxygen atoms in total. The summed E-state index contributed by atoms with van der Waals surface area (Å²) in [6.45, 7) is 9.41. The second-order valence-corrected chi connectivity index (χ2v) is 6.47. The molecule has 7 heteroatoms. The van der Waals surface area contributed by atoms with E-state index in [1.54, 1.807) is 7.05 Å². The third-order valence-corrected chi connectivity index (χ3v) is 3.55. The molecule has 2 N–H and O–H groups in total. The van der Waals surface area contributed by atoms with Gasteiger partial charge in [0, 0.05) is 19.7 Å². The smallest absolute Gasteiger partial charge is 0.191 e. The summed E-state index contributed by atoms with van der Waals surface area (Å²) in [5, 5.41) is 10.6. The number of nitrogens with one attached hydrogen (secondary N) is 2. The highest BCUT2D eigenvalue weighted by Gasteiger charge is 2.08. The van der Waals surface area contributed by atoms with Crippen LogP contribution < -0.4 is 15.4 Å². The fourth-order valence-electron chi connectivity index (χ4n) is 2.26. The number of guanidine groups is 1. The highest BCUT2D eigenvalue weighted by atomic mass is 127. The molecular formula is C19H29IN4O2. The van der Waals surface area contributed by atoms with Gasteiger partial charge in [0.15, 0.2) is 11.7 Å². The van der Waals surface area contributed by atoms with E-state index in [0.29, 0.717) is 25.0 Å². The summed E-state index contributed by atoms with van der Waals surface area (Å²) >= 11 is 0. The van der Waals surface area contributed by atoms with Crippen LogP contribution in [0.4, 0.5) is 0 Å². The zero-order chi connectivity index (χ0) is 18.2. The van der Waals surface area contributed by atoms with Crippen molar-refractivity contribution in [2.45, 2.75) is 52.8 Å². The average molecular weight is 472 g/mol. The van der Waals surface area contributed by atoms with Gasteiger partial charge in [0.05, 0.1) is 18.3 Å². The lowest BCUT2D eigenvalue weighted by Gasteiger charge is -2.13. The van der Waals surface area contributed by atoms with Crippen molar-refractivity contribution in [1.82, 2.24) is 15.8 Å². The van der Waals surface area contributed by atoms with Crippen molar-refractivity contribution < 1.29 is 9.26 Å². The first kappa shape index (κ1) is 22.3. The molecule has 0 saturated carbocycles. The fourth-order valence-corrected chi connectivity index (χ4v) is 2.26. The molecule has 2 aromatic rings. The van der Waals surface area contributed by atoms with Crippen LogP contribution in [0.15, 0.2) is 39.8 Å². The highest BCUT2D eigenvalue weighted by molar-refractivity contribution is 14.0. The standard InChI is InChI=1S/C19H28N4O2.HI/c1-13(2)18-10-17(25-23-18)12-22-19(20-5)21-11-15-7-6-8-16(9-15)24-14(3)4;/h6-10,13-14H,11-12H2,1-5H3,(H2,20,21,22);1H. The van der Waals surface area contributed by atoms with Crippen LogP contribution >= 0.6 is 24.0 Å². The van der Waals surface area contributed by atoms with Crippen LogP contribution in [0.3, 0.4) is 0 Å². The molecule has 0 bridgehead atoms. The second kappa shape index (κ2) is 11.1. The predicted octanol–water partition coefficient (Wildman–Crippen LogP) is 4.07. The van der Waals surface area contributed by atoms with E-state index in [1.165, 1.54) is 0 Å². The lowest BCUT2D eigenvalue weighted by molar-refractivity contribution is 0.242. The number of halogens is 1. The van der Waals surface area contributed by atoms with Crippen molar-refractivity contribution in [3.8, 4) is 5.75 Å². The number of nitrogens with zero attached hydrogens (tertiary/aromatic N) is 2. The predicted molar refractivity (Wildman–Crippen MR) is 115 cm³/mol. The number of ether oxygens (including phenoxy) is 1. The summed E-state index contributed by atoms with van der Waals surface area (Å²) in [5.41, 5.74) is 2.09. The van der Waals surface area contributed by atoms with Crippen LogP contribution in [0, 0.1) is 0 Å². The van der Waals surface area contributed by atoms with Gasteiger partial charge >= 0.3 is 0 Å². The van der Waals surface area contributed by atoms with E-state index in [9.17, 15) is 0 Å². The molecule has 0 spiro atoms. The third-order valence-electron chi connectivity index (χ3n) is 3.55. The fraction of sp³-hybridized carbons (Fsp3) is 0.474. The van der Waals surface area contributed by atoms with Crippen molar-refractivity contribution >= 4 is 29.9 Å². The third kappa shape index (κ3) is 7.23. The quantitative estimate of drug-likeness (QED) is 0.361. The number of rotatable bonds is 7. The van der Waals surface area contributed by atoms with Crippen molar-refractivity contribution in [1.29, 1.82) is 0 Å². The lowest BCUT2D eigenvalue weighted by Crippen LogP contribution is -2.36. The maximum absolute atomic E-state index is 5.72. The zero-order valence-electron chi connectivity index (χ0n) is 16.1. The van der Waals surface area contributed by atoms with Crippen LogP contribution in [-0.4, -0.2) is 24.3 Å². The van der Waals surface area contributed by atoms with Gasteiger partial charge in [0.1, 0.15) is 5.75 Å². The molecule has 0 atom stereocenters. The van der Waals surface area contributed by atoms with Gasteiger partial charge in [-0.15, -0.1) is 24.0 Å². The van der Waals surface area contributed by atoms with Gasteiger partial charge in [0.2, 0.25) is 0 Å². The first-order valence-corrected chi connectivity index (χ1v) is 8.63. The van der Waals surface area contributed by atoms with E-state index < -0.39 is 0 Å². The Morgan fingerprint density at radius 1 is 1.15 bits per heavy atom. The number of hydrogen-bond donors (Lipinski definition) is 2. The lowest BCUT2D eigenvalue weighted by atomic mass is 10.1. The van der Waals surface area contributed by atoms with E-state index >= 15 is 0 Å². The maximum Gasteiger partial charge on any atom is 0.191 e. The largest absolute Gasteiger partial charge is 0.491 e. The molecule has 0 saturated heterocycles. The summed E-state index contributed by atoms with van der Waals surface area (Å²) in [6, 6.07) is 10.0. The first-order chi connectivity index (χ1) is 12.0. The van der Waals surface area contributed by atoms with E-state index in [0.717, 1.165) is 22.8 Å². The molecule has 1 heterocycles. The highest BCUT2D eigenvalue weighted by Crippen LogP contribution is 2.15. The molecule has 0 aliphatic rings. The number of hydrogen-bond acceptors (Lipinski definition) is 4.